The molecule has 1 saturated heterocycles. The molecule has 2 aromatic carbocycles. The number of hydrazone groups is 1. The Balaban J connectivity index is 0.00000181. The maximum absolute atomic E-state index is 14.2. The highest BCUT2D eigenvalue weighted by Crippen LogP contribution is 2.25. The lowest BCUT2D eigenvalue weighted by atomic mass is 10.2. The van der Waals surface area contributed by atoms with E-state index < -0.39 is 5.82 Å². The summed E-state index contributed by atoms with van der Waals surface area (Å²) in [5.41, 5.74) is 6.98. The Bertz CT molecular complexity index is 1400. The van der Waals surface area contributed by atoms with Crippen LogP contribution in [-0.2, 0) is 4.74 Å². The molecule has 0 bridgehead atoms. The maximum atomic E-state index is 14.2. The van der Waals surface area contributed by atoms with Crippen molar-refractivity contribution < 1.29 is 13.9 Å². The lowest BCUT2D eigenvalue weighted by Gasteiger charge is -2.27. The number of methoxy groups -OCH3 is 1. The second-order valence-corrected chi connectivity index (χ2v) is 8.37. The summed E-state index contributed by atoms with van der Waals surface area (Å²) in [6.07, 6.45) is 4.40. The molecule has 0 atom stereocenters. The van der Waals surface area contributed by atoms with Crippen LogP contribution in [0.4, 0.5) is 38.9 Å². The van der Waals surface area contributed by atoms with E-state index in [0.717, 1.165) is 34.7 Å². The molecule has 0 radical (unpaired) electrons. The molecule has 3 N–H and O–H groups in total. The minimum Gasteiger partial charge on any atom is -0.497 e. The van der Waals surface area contributed by atoms with E-state index in [-0.39, 0.29) is 11.8 Å². The number of halogens is 1. The molecule has 2 aromatic heterocycles. The Kier molecular flexibility index (Phi) is 10.2. The lowest BCUT2D eigenvalue weighted by Crippen LogP contribution is -2.37. The van der Waals surface area contributed by atoms with E-state index in [1.807, 2.05) is 79.4 Å². The third kappa shape index (κ3) is 7.87. The predicted molar refractivity (Wildman–Crippen MR) is 158 cm³/mol. The fraction of sp³-hybridized carbons (Fsp3) is 0.241. The van der Waals surface area contributed by atoms with Crippen LogP contribution >= 0.6 is 0 Å². The first kappa shape index (κ1) is 28.2. The van der Waals surface area contributed by atoms with Crippen molar-refractivity contribution in [3.05, 3.63) is 84.6 Å². The van der Waals surface area contributed by atoms with E-state index in [0.29, 0.717) is 32.0 Å². The van der Waals surface area contributed by atoms with Crippen LogP contribution in [0.15, 0.2) is 78.2 Å². The van der Waals surface area contributed by atoms with E-state index >= 15 is 0 Å². The molecule has 1 fully saturated rings. The van der Waals surface area contributed by atoms with Crippen molar-refractivity contribution in [3.8, 4) is 5.75 Å². The van der Waals surface area contributed by atoms with E-state index in [4.69, 9.17) is 9.47 Å². The van der Waals surface area contributed by atoms with Gasteiger partial charge in [0.2, 0.25) is 5.95 Å². The van der Waals surface area contributed by atoms with Gasteiger partial charge < -0.3 is 25.0 Å². The first-order chi connectivity index (χ1) is 19.7. The van der Waals surface area contributed by atoms with Gasteiger partial charge in [-0.15, -0.1) is 0 Å². The summed E-state index contributed by atoms with van der Waals surface area (Å²) in [7, 11) is 1.65. The molecule has 0 spiro atoms. The van der Waals surface area contributed by atoms with Gasteiger partial charge in [-0.25, -0.2) is 14.8 Å². The maximum Gasteiger partial charge on any atom is 0.245 e. The molecule has 0 amide bonds. The van der Waals surface area contributed by atoms with Crippen LogP contribution in [0.5, 0.6) is 5.75 Å². The van der Waals surface area contributed by atoms with Gasteiger partial charge in [-0.3, -0.25) is 4.98 Å². The summed E-state index contributed by atoms with van der Waals surface area (Å²) in [6, 6.07) is 19.4. The van der Waals surface area contributed by atoms with Crippen molar-refractivity contribution in [2.24, 2.45) is 5.10 Å². The first-order valence-corrected chi connectivity index (χ1v) is 13.0. The van der Waals surface area contributed by atoms with E-state index in [1.54, 1.807) is 19.5 Å². The molecule has 1 aliphatic rings. The smallest absolute Gasteiger partial charge is 0.245 e. The highest BCUT2D eigenvalue weighted by Gasteiger charge is 2.17. The minimum atomic E-state index is -0.479. The molecule has 0 unspecified atom stereocenters. The molecule has 10 nitrogen and oxygen atoms in total. The average molecular weight is 545 g/mol. The van der Waals surface area contributed by atoms with Crippen LogP contribution in [0, 0.1) is 5.82 Å². The second-order valence-electron chi connectivity index (χ2n) is 8.37. The summed E-state index contributed by atoms with van der Waals surface area (Å²) >= 11 is 0. The quantitative estimate of drug-likeness (QED) is 0.177. The second kappa shape index (κ2) is 14.4. The molecule has 4 aromatic rings. The van der Waals surface area contributed by atoms with Crippen LogP contribution in [0.1, 0.15) is 19.5 Å². The van der Waals surface area contributed by atoms with Crippen molar-refractivity contribution in [2.45, 2.75) is 13.8 Å². The SMILES string of the molecule is CC.COc1cccc(Nc2cccc(Nc3ccc(/C=N/Nc4ncc(F)c(N5CCOCC5)n4)nc3)c2)c1. The fourth-order valence-electron chi connectivity index (χ4n) is 3.83. The van der Waals surface area contributed by atoms with Gasteiger partial charge in [0.25, 0.3) is 0 Å². The van der Waals surface area contributed by atoms with Crippen LogP contribution in [-0.4, -0.2) is 54.6 Å². The van der Waals surface area contributed by atoms with Crippen LogP contribution in [0.3, 0.4) is 0 Å². The van der Waals surface area contributed by atoms with Crippen molar-refractivity contribution in [2.75, 3.05) is 54.4 Å². The number of morpholine rings is 1. The van der Waals surface area contributed by atoms with Gasteiger partial charge >= 0.3 is 0 Å². The molecular formula is C29H33FN8O2. The number of nitrogens with zero attached hydrogens (tertiary/aromatic N) is 5. The number of anilines is 6. The summed E-state index contributed by atoms with van der Waals surface area (Å²) in [4.78, 5) is 14.4. The zero-order valence-electron chi connectivity index (χ0n) is 22.8. The standard InChI is InChI=1S/C27H27FN8O2.C2H6/c1-37-24-7-3-6-21(15-24)32-19-4-2-5-20(14-19)33-23-9-8-22(29-16-23)17-31-35-27-30-18-25(28)26(34-27)36-10-12-38-13-11-36;1-2/h2-9,14-18,32-33H,10-13H2,1H3,(H,30,34,35);1-2H3/b31-17+;. The predicted octanol–water partition coefficient (Wildman–Crippen LogP) is 5.82. The summed E-state index contributed by atoms with van der Waals surface area (Å²) in [5.74, 6) is 0.743. The number of hydrogen-bond acceptors (Lipinski definition) is 10. The van der Waals surface area contributed by atoms with E-state index in [9.17, 15) is 4.39 Å². The Hall–Kier alpha value is -4.77. The van der Waals surface area contributed by atoms with Crippen LogP contribution in [0.2, 0.25) is 0 Å². The monoisotopic (exact) mass is 544 g/mol. The van der Waals surface area contributed by atoms with Gasteiger partial charge in [0.05, 0.1) is 50.3 Å². The van der Waals surface area contributed by atoms with Gasteiger partial charge in [-0.05, 0) is 42.5 Å². The minimum absolute atomic E-state index is 0.199. The summed E-state index contributed by atoms with van der Waals surface area (Å²) in [6.45, 7) is 6.22. The number of nitrogens with one attached hydrogen (secondary N) is 3. The lowest BCUT2D eigenvalue weighted by molar-refractivity contribution is 0.122. The fourth-order valence-corrected chi connectivity index (χ4v) is 3.83. The average Bonchev–Trinajstić information content (AvgIpc) is 3.00. The number of rotatable bonds is 9. The van der Waals surface area contributed by atoms with Crippen LogP contribution in [0.25, 0.3) is 0 Å². The van der Waals surface area contributed by atoms with Gasteiger partial charge in [0, 0.05) is 36.2 Å². The number of benzene rings is 2. The molecule has 40 heavy (non-hydrogen) atoms. The highest BCUT2D eigenvalue weighted by atomic mass is 19.1. The molecule has 208 valence electrons. The zero-order chi connectivity index (χ0) is 28.2. The number of aromatic nitrogens is 3. The number of hydrogen-bond donors (Lipinski definition) is 3. The Labute approximate surface area is 233 Å². The van der Waals surface area contributed by atoms with Crippen molar-refractivity contribution in [1.82, 2.24) is 15.0 Å². The van der Waals surface area contributed by atoms with Crippen molar-refractivity contribution in [3.63, 3.8) is 0 Å². The number of pyridine rings is 1. The Morgan fingerprint density at radius 2 is 1.60 bits per heavy atom. The topological polar surface area (TPSA) is 109 Å². The Morgan fingerprint density at radius 1 is 0.900 bits per heavy atom. The molecular weight excluding hydrogens is 511 g/mol. The van der Waals surface area contributed by atoms with E-state index in [1.165, 1.54) is 0 Å². The van der Waals surface area contributed by atoms with Crippen molar-refractivity contribution in [1.29, 1.82) is 0 Å². The zero-order valence-corrected chi connectivity index (χ0v) is 22.8. The van der Waals surface area contributed by atoms with Crippen molar-refractivity contribution >= 4 is 40.7 Å². The molecule has 0 saturated carbocycles. The van der Waals surface area contributed by atoms with Gasteiger partial charge in [-0.1, -0.05) is 26.0 Å². The third-order valence-corrected chi connectivity index (χ3v) is 5.69. The Morgan fingerprint density at radius 3 is 2.30 bits per heavy atom. The largest absolute Gasteiger partial charge is 0.497 e. The summed E-state index contributed by atoms with van der Waals surface area (Å²) < 4.78 is 24.8. The van der Waals surface area contributed by atoms with E-state index in [2.05, 4.69) is 36.1 Å². The van der Waals surface area contributed by atoms with Crippen LogP contribution < -0.4 is 25.7 Å². The molecule has 5 rings (SSSR count). The third-order valence-electron chi connectivity index (χ3n) is 5.69. The van der Waals surface area contributed by atoms with Gasteiger partial charge in [-0.2, -0.15) is 10.1 Å². The van der Waals surface area contributed by atoms with Gasteiger partial charge in [0.1, 0.15) is 5.75 Å². The first-order valence-electron chi connectivity index (χ1n) is 13.0. The number of ether oxygens (including phenoxy) is 2. The molecule has 11 heteroatoms. The molecule has 0 aliphatic carbocycles. The normalized spacial score (nSPS) is 12.8. The summed E-state index contributed by atoms with van der Waals surface area (Å²) in [5, 5.41) is 10.9. The molecule has 1 aliphatic heterocycles. The highest BCUT2D eigenvalue weighted by molar-refractivity contribution is 5.78. The van der Waals surface area contributed by atoms with Gasteiger partial charge in [0.15, 0.2) is 11.6 Å². The molecule has 3 heterocycles.